The number of methoxy groups -OCH3 is 1. The number of hydrogen-bond acceptors (Lipinski definition) is 5. The number of ether oxygens (including phenoxy) is 1. The summed E-state index contributed by atoms with van der Waals surface area (Å²) in [5.41, 5.74) is 5.49. The van der Waals surface area contributed by atoms with E-state index in [0.717, 1.165) is 16.8 Å². The molecule has 42 heavy (non-hydrogen) atoms. The standard InChI is InChI=1S/C32H32FN5O4/c1-37-15-13-25-29(32(37)41)28(21-8-10-24(33)11-9-21)30(35-25)23-12-14-34-26(19-23)36-27(39)18-20-4-6-22(7-5-20)31(40)38(2)16-17-42-3/h4-12,14,19,35H,13,15-18H2,1-3H3,(H,34,36,39). The smallest absolute Gasteiger partial charge is 0.256 e. The number of fused-ring (bicyclic) bond motifs is 1. The number of carbonyl (C=O) groups excluding carboxylic acids is 3. The van der Waals surface area contributed by atoms with Crippen molar-refractivity contribution in [3.8, 4) is 22.4 Å². The molecule has 0 atom stereocenters. The molecule has 3 heterocycles. The number of likely N-dealkylation sites (N-methyl/N-ethyl adjacent to an activating group) is 2. The average Bonchev–Trinajstić information content (AvgIpc) is 3.38. The zero-order valence-corrected chi connectivity index (χ0v) is 23.7. The van der Waals surface area contributed by atoms with Gasteiger partial charge in [0.2, 0.25) is 5.91 Å². The molecule has 0 fully saturated rings. The number of pyridine rings is 1. The van der Waals surface area contributed by atoms with Crippen molar-refractivity contribution in [1.82, 2.24) is 19.8 Å². The molecular weight excluding hydrogens is 537 g/mol. The van der Waals surface area contributed by atoms with E-state index in [1.165, 1.54) is 12.1 Å². The highest BCUT2D eigenvalue weighted by molar-refractivity contribution is 6.07. The molecule has 0 radical (unpaired) electrons. The third-order valence-electron chi connectivity index (χ3n) is 7.33. The fraction of sp³-hybridized carbons (Fsp3) is 0.250. The second-order valence-electron chi connectivity index (χ2n) is 10.3. The molecular formula is C32H32FN5O4. The van der Waals surface area contributed by atoms with E-state index >= 15 is 0 Å². The Kier molecular flexibility index (Phi) is 8.44. The van der Waals surface area contributed by atoms with Crippen LogP contribution in [-0.4, -0.2) is 78.4 Å². The van der Waals surface area contributed by atoms with E-state index in [2.05, 4.69) is 15.3 Å². The summed E-state index contributed by atoms with van der Waals surface area (Å²) in [6.07, 6.45) is 2.35. The molecule has 1 aliphatic heterocycles. The van der Waals surface area contributed by atoms with Gasteiger partial charge in [0, 0.05) is 69.3 Å². The van der Waals surface area contributed by atoms with Crippen molar-refractivity contribution in [3.05, 3.63) is 95.1 Å². The number of H-pyrrole nitrogens is 1. The average molecular weight is 570 g/mol. The quantitative estimate of drug-likeness (QED) is 0.311. The monoisotopic (exact) mass is 569 g/mol. The number of aromatic amines is 1. The van der Waals surface area contributed by atoms with Crippen LogP contribution in [0.5, 0.6) is 0 Å². The predicted molar refractivity (Wildman–Crippen MR) is 158 cm³/mol. The summed E-state index contributed by atoms with van der Waals surface area (Å²) in [7, 11) is 5.06. The van der Waals surface area contributed by atoms with Gasteiger partial charge < -0.3 is 24.8 Å². The van der Waals surface area contributed by atoms with Crippen molar-refractivity contribution < 1.29 is 23.5 Å². The summed E-state index contributed by atoms with van der Waals surface area (Å²) in [6.45, 7) is 1.52. The number of anilines is 1. The molecule has 0 bridgehead atoms. The van der Waals surface area contributed by atoms with Gasteiger partial charge in [-0.3, -0.25) is 14.4 Å². The first kappa shape index (κ1) is 28.7. The molecule has 0 saturated carbocycles. The molecule has 10 heteroatoms. The number of aromatic nitrogens is 2. The Morgan fingerprint density at radius 1 is 1.07 bits per heavy atom. The summed E-state index contributed by atoms with van der Waals surface area (Å²) >= 11 is 0. The maximum Gasteiger partial charge on any atom is 0.256 e. The SMILES string of the molecule is COCCN(C)C(=O)c1ccc(CC(=O)Nc2cc(-c3[nH]c4c(c3-c3ccc(F)cc3)C(=O)N(C)CC4)ccn2)cc1. The van der Waals surface area contributed by atoms with E-state index in [1.807, 2.05) is 0 Å². The lowest BCUT2D eigenvalue weighted by Crippen LogP contribution is -2.34. The Balaban J connectivity index is 1.35. The Hall–Kier alpha value is -4.83. The molecule has 216 valence electrons. The summed E-state index contributed by atoms with van der Waals surface area (Å²) in [4.78, 5) is 49.6. The van der Waals surface area contributed by atoms with E-state index in [1.54, 1.807) is 85.7 Å². The number of nitrogens with one attached hydrogen (secondary N) is 2. The first-order chi connectivity index (χ1) is 20.2. The third-order valence-corrected chi connectivity index (χ3v) is 7.33. The van der Waals surface area contributed by atoms with Crippen LogP contribution < -0.4 is 5.32 Å². The number of nitrogens with zero attached hydrogens (tertiary/aromatic N) is 3. The molecule has 0 unspecified atom stereocenters. The minimum absolute atomic E-state index is 0.0956. The van der Waals surface area contributed by atoms with Crippen LogP contribution in [0.4, 0.5) is 10.2 Å². The van der Waals surface area contributed by atoms with Crippen LogP contribution >= 0.6 is 0 Å². The fourth-order valence-corrected chi connectivity index (χ4v) is 5.01. The van der Waals surface area contributed by atoms with Gasteiger partial charge in [-0.2, -0.15) is 0 Å². The van der Waals surface area contributed by atoms with E-state index in [-0.39, 0.29) is 30.0 Å². The molecule has 3 amide bonds. The highest BCUT2D eigenvalue weighted by atomic mass is 19.1. The van der Waals surface area contributed by atoms with Gasteiger partial charge >= 0.3 is 0 Å². The maximum absolute atomic E-state index is 13.7. The van der Waals surface area contributed by atoms with Gasteiger partial charge in [0.05, 0.1) is 24.3 Å². The number of benzene rings is 2. The first-order valence-electron chi connectivity index (χ1n) is 13.6. The second kappa shape index (κ2) is 12.4. The molecule has 9 nitrogen and oxygen atoms in total. The molecule has 0 aliphatic carbocycles. The van der Waals surface area contributed by atoms with Crippen LogP contribution in [0.1, 0.15) is 32.0 Å². The zero-order valence-electron chi connectivity index (χ0n) is 23.7. The second-order valence-corrected chi connectivity index (χ2v) is 10.3. The number of carbonyl (C=O) groups is 3. The molecule has 0 spiro atoms. The van der Waals surface area contributed by atoms with Gasteiger partial charge in [0.1, 0.15) is 11.6 Å². The Labute approximate surface area is 243 Å². The van der Waals surface area contributed by atoms with E-state index in [9.17, 15) is 18.8 Å². The van der Waals surface area contributed by atoms with Crippen LogP contribution in [0.2, 0.25) is 0 Å². The highest BCUT2D eigenvalue weighted by Crippen LogP contribution is 2.39. The van der Waals surface area contributed by atoms with Crippen molar-refractivity contribution in [2.75, 3.05) is 46.2 Å². The predicted octanol–water partition coefficient (Wildman–Crippen LogP) is 4.41. The molecule has 2 aromatic heterocycles. The van der Waals surface area contributed by atoms with Gasteiger partial charge in [-0.15, -0.1) is 0 Å². The van der Waals surface area contributed by atoms with Crippen LogP contribution in [0.25, 0.3) is 22.4 Å². The van der Waals surface area contributed by atoms with Gasteiger partial charge in [-0.05, 0) is 47.5 Å². The number of hydrogen-bond donors (Lipinski definition) is 2. The first-order valence-corrected chi connectivity index (χ1v) is 13.6. The minimum Gasteiger partial charge on any atom is -0.383 e. The molecule has 4 aromatic rings. The fourth-order valence-electron chi connectivity index (χ4n) is 5.01. The topological polar surface area (TPSA) is 108 Å². The maximum atomic E-state index is 13.7. The van der Waals surface area contributed by atoms with Crippen molar-refractivity contribution in [1.29, 1.82) is 0 Å². The lowest BCUT2D eigenvalue weighted by atomic mass is 9.94. The number of halogens is 1. The summed E-state index contributed by atoms with van der Waals surface area (Å²) in [6, 6.07) is 16.5. The summed E-state index contributed by atoms with van der Waals surface area (Å²) in [5, 5.41) is 2.85. The third kappa shape index (κ3) is 6.08. The molecule has 5 rings (SSSR count). The van der Waals surface area contributed by atoms with Gasteiger partial charge in [0.15, 0.2) is 0 Å². The van der Waals surface area contributed by atoms with Crippen molar-refractivity contribution in [3.63, 3.8) is 0 Å². The molecule has 2 N–H and O–H groups in total. The van der Waals surface area contributed by atoms with Crippen LogP contribution in [0, 0.1) is 5.82 Å². The van der Waals surface area contributed by atoms with Crippen molar-refractivity contribution in [2.24, 2.45) is 0 Å². The number of rotatable bonds is 9. The van der Waals surface area contributed by atoms with Crippen LogP contribution in [0.15, 0.2) is 66.9 Å². The Morgan fingerprint density at radius 3 is 2.52 bits per heavy atom. The lowest BCUT2D eigenvalue weighted by molar-refractivity contribution is -0.115. The molecule has 2 aromatic carbocycles. The highest BCUT2D eigenvalue weighted by Gasteiger charge is 2.30. The molecule has 1 aliphatic rings. The van der Waals surface area contributed by atoms with E-state index in [4.69, 9.17) is 4.74 Å². The lowest BCUT2D eigenvalue weighted by Gasteiger charge is -2.23. The normalized spacial score (nSPS) is 12.7. The van der Waals surface area contributed by atoms with Gasteiger partial charge in [0.25, 0.3) is 11.8 Å². The van der Waals surface area contributed by atoms with Crippen LogP contribution in [0.3, 0.4) is 0 Å². The minimum atomic E-state index is -0.363. The van der Waals surface area contributed by atoms with Crippen molar-refractivity contribution >= 4 is 23.5 Å². The van der Waals surface area contributed by atoms with E-state index < -0.39 is 0 Å². The largest absolute Gasteiger partial charge is 0.383 e. The van der Waals surface area contributed by atoms with Crippen molar-refractivity contribution in [2.45, 2.75) is 12.8 Å². The Morgan fingerprint density at radius 2 is 1.81 bits per heavy atom. The Bertz CT molecular complexity index is 1620. The van der Waals surface area contributed by atoms with Crippen LogP contribution in [-0.2, 0) is 22.4 Å². The van der Waals surface area contributed by atoms with Gasteiger partial charge in [-0.1, -0.05) is 24.3 Å². The molecule has 0 saturated heterocycles. The van der Waals surface area contributed by atoms with E-state index in [0.29, 0.717) is 59.9 Å². The number of amides is 3. The summed E-state index contributed by atoms with van der Waals surface area (Å²) in [5.74, 6) is -0.501. The van der Waals surface area contributed by atoms with Gasteiger partial charge in [-0.25, -0.2) is 9.37 Å². The summed E-state index contributed by atoms with van der Waals surface area (Å²) < 4.78 is 18.8. The zero-order chi connectivity index (χ0) is 29.8.